The highest BCUT2D eigenvalue weighted by atomic mass is 15.3. The number of amidine groups is 1. The van der Waals surface area contributed by atoms with Crippen LogP contribution in [-0.2, 0) is 0 Å². The quantitative estimate of drug-likeness (QED) is 0.542. The average Bonchev–Trinajstić information content (AvgIpc) is 2.20. The van der Waals surface area contributed by atoms with Gasteiger partial charge in [-0.25, -0.2) is 0 Å². The molecule has 3 N–H and O–H groups in total. The minimum absolute atomic E-state index is 0.0294. The normalized spacial score (nSPS) is 9.86. The van der Waals surface area contributed by atoms with E-state index in [0.29, 0.717) is 11.4 Å². The summed E-state index contributed by atoms with van der Waals surface area (Å²) < 4.78 is 0. The van der Waals surface area contributed by atoms with Crippen LogP contribution < -0.4 is 10.6 Å². The van der Waals surface area contributed by atoms with Gasteiger partial charge in [-0.3, -0.25) is 5.41 Å². The summed E-state index contributed by atoms with van der Waals surface area (Å²) >= 11 is 0. The Kier molecular flexibility index (Phi) is 3.39. The molecular weight excluding hydrogens is 178 g/mol. The van der Waals surface area contributed by atoms with Crippen LogP contribution in [0.15, 0.2) is 12.3 Å². The van der Waals surface area contributed by atoms with Crippen molar-refractivity contribution in [1.82, 2.24) is 10.2 Å². The number of nitrogens with zero attached hydrogens (tertiary/aromatic N) is 3. The van der Waals surface area contributed by atoms with Crippen molar-refractivity contribution in [2.75, 3.05) is 18.0 Å². The SMILES string of the molecule is CCN(CC)c1nnccc1C(=N)N. The summed E-state index contributed by atoms with van der Waals surface area (Å²) in [6.07, 6.45) is 1.55. The molecule has 1 rings (SSSR count). The van der Waals surface area contributed by atoms with Crippen molar-refractivity contribution in [3.63, 3.8) is 0 Å². The maximum Gasteiger partial charge on any atom is 0.162 e. The van der Waals surface area contributed by atoms with Gasteiger partial charge in [-0.2, -0.15) is 5.10 Å². The second-order valence-electron chi connectivity index (χ2n) is 2.85. The topological polar surface area (TPSA) is 78.9 Å². The monoisotopic (exact) mass is 193 g/mol. The van der Waals surface area contributed by atoms with E-state index < -0.39 is 0 Å². The van der Waals surface area contributed by atoms with Crippen LogP contribution in [0, 0.1) is 5.41 Å². The molecule has 0 amide bonds. The second-order valence-corrected chi connectivity index (χ2v) is 2.85. The van der Waals surface area contributed by atoms with E-state index in [4.69, 9.17) is 11.1 Å². The smallest absolute Gasteiger partial charge is 0.162 e. The minimum Gasteiger partial charge on any atom is -0.384 e. The lowest BCUT2D eigenvalue weighted by molar-refractivity contribution is 0.822. The van der Waals surface area contributed by atoms with Gasteiger partial charge in [-0.15, -0.1) is 5.10 Å². The highest BCUT2D eigenvalue weighted by Crippen LogP contribution is 2.14. The largest absolute Gasteiger partial charge is 0.384 e. The van der Waals surface area contributed by atoms with Gasteiger partial charge in [0.1, 0.15) is 5.84 Å². The zero-order valence-corrected chi connectivity index (χ0v) is 8.49. The van der Waals surface area contributed by atoms with Crippen LogP contribution in [-0.4, -0.2) is 29.1 Å². The molecule has 1 aromatic heterocycles. The average molecular weight is 193 g/mol. The van der Waals surface area contributed by atoms with E-state index >= 15 is 0 Å². The fraction of sp³-hybridized carbons (Fsp3) is 0.444. The molecule has 0 bridgehead atoms. The molecule has 5 nitrogen and oxygen atoms in total. The van der Waals surface area contributed by atoms with E-state index in [0.717, 1.165) is 13.1 Å². The molecule has 0 aliphatic carbocycles. The van der Waals surface area contributed by atoms with Crippen LogP contribution in [0.25, 0.3) is 0 Å². The van der Waals surface area contributed by atoms with Crippen molar-refractivity contribution < 1.29 is 0 Å². The number of hydrogen-bond donors (Lipinski definition) is 2. The molecule has 1 heterocycles. The molecule has 0 aliphatic rings. The molecule has 76 valence electrons. The second kappa shape index (κ2) is 4.55. The fourth-order valence-corrected chi connectivity index (χ4v) is 1.29. The van der Waals surface area contributed by atoms with Gasteiger partial charge in [-0.1, -0.05) is 0 Å². The fourth-order valence-electron chi connectivity index (χ4n) is 1.29. The van der Waals surface area contributed by atoms with Crippen LogP contribution >= 0.6 is 0 Å². The number of rotatable bonds is 4. The van der Waals surface area contributed by atoms with Gasteiger partial charge >= 0.3 is 0 Å². The van der Waals surface area contributed by atoms with E-state index in [9.17, 15) is 0 Å². The first-order chi connectivity index (χ1) is 6.70. The van der Waals surface area contributed by atoms with Crippen LogP contribution in [0.2, 0.25) is 0 Å². The van der Waals surface area contributed by atoms with Crippen molar-refractivity contribution in [3.05, 3.63) is 17.8 Å². The molecule has 0 saturated carbocycles. The zero-order valence-electron chi connectivity index (χ0n) is 8.49. The Hall–Kier alpha value is -1.65. The number of hydrogen-bond acceptors (Lipinski definition) is 4. The van der Waals surface area contributed by atoms with Crippen molar-refractivity contribution in [3.8, 4) is 0 Å². The maximum absolute atomic E-state index is 7.40. The molecule has 0 unspecified atom stereocenters. The maximum atomic E-state index is 7.40. The minimum atomic E-state index is 0.0294. The van der Waals surface area contributed by atoms with E-state index in [1.807, 2.05) is 18.7 Å². The lowest BCUT2D eigenvalue weighted by atomic mass is 10.2. The molecule has 14 heavy (non-hydrogen) atoms. The Morgan fingerprint density at radius 2 is 2.14 bits per heavy atom. The van der Waals surface area contributed by atoms with Gasteiger partial charge in [-0.05, 0) is 19.9 Å². The highest BCUT2D eigenvalue weighted by molar-refractivity contribution is 5.99. The molecule has 0 aliphatic heterocycles. The zero-order chi connectivity index (χ0) is 10.6. The van der Waals surface area contributed by atoms with Gasteiger partial charge in [0.25, 0.3) is 0 Å². The predicted octanol–water partition coefficient (Wildman–Crippen LogP) is 0.607. The molecule has 0 spiro atoms. The number of anilines is 1. The molecule has 0 saturated heterocycles. The van der Waals surface area contributed by atoms with Crippen molar-refractivity contribution >= 4 is 11.7 Å². The van der Waals surface area contributed by atoms with Crippen molar-refractivity contribution in [2.45, 2.75) is 13.8 Å². The van der Waals surface area contributed by atoms with E-state index in [2.05, 4.69) is 10.2 Å². The van der Waals surface area contributed by atoms with E-state index in [1.165, 1.54) is 0 Å². The van der Waals surface area contributed by atoms with Gasteiger partial charge < -0.3 is 10.6 Å². The van der Waals surface area contributed by atoms with Crippen LogP contribution in [0.3, 0.4) is 0 Å². The highest BCUT2D eigenvalue weighted by Gasteiger charge is 2.11. The molecule has 1 aromatic rings. The first-order valence-corrected chi connectivity index (χ1v) is 4.61. The number of nitrogens with one attached hydrogen (secondary N) is 1. The summed E-state index contributed by atoms with van der Waals surface area (Å²) in [4.78, 5) is 2.02. The summed E-state index contributed by atoms with van der Waals surface area (Å²) in [7, 11) is 0. The van der Waals surface area contributed by atoms with E-state index in [1.54, 1.807) is 12.3 Å². The Morgan fingerprint density at radius 1 is 1.50 bits per heavy atom. The van der Waals surface area contributed by atoms with Gasteiger partial charge in [0, 0.05) is 13.1 Å². The predicted molar refractivity (Wildman–Crippen MR) is 56.6 cm³/mol. The third-order valence-corrected chi connectivity index (χ3v) is 2.05. The Labute approximate surface area is 83.4 Å². The third kappa shape index (κ3) is 1.99. The third-order valence-electron chi connectivity index (χ3n) is 2.05. The summed E-state index contributed by atoms with van der Waals surface area (Å²) in [5, 5.41) is 15.2. The number of nitrogen functional groups attached to an aromatic ring is 1. The summed E-state index contributed by atoms with van der Waals surface area (Å²) in [5.74, 6) is 0.715. The standard InChI is InChI=1S/C9H15N5/c1-3-14(4-2)9-7(8(10)11)5-6-12-13-9/h5-6H,3-4H2,1-2H3,(H3,10,11). The first-order valence-electron chi connectivity index (χ1n) is 4.61. The Balaban J connectivity index is 3.11. The molecule has 0 radical (unpaired) electrons. The van der Waals surface area contributed by atoms with E-state index in [-0.39, 0.29) is 5.84 Å². The number of aromatic nitrogens is 2. The van der Waals surface area contributed by atoms with Gasteiger partial charge in [0.05, 0.1) is 11.8 Å². The van der Waals surface area contributed by atoms with Crippen molar-refractivity contribution in [2.24, 2.45) is 5.73 Å². The summed E-state index contributed by atoms with van der Waals surface area (Å²) in [6.45, 7) is 5.72. The number of nitrogens with two attached hydrogens (primary N) is 1. The summed E-state index contributed by atoms with van der Waals surface area (Å²) in [5.41, 5.74) is 6.09. The molecular formula is C9H15N5. The van der Waals surface area contributed by atoms with Crippen molar-refractivity contribution in [1.29, 1.82) is 5.41 Å². The van der Waals surface area contributed by atoms with Crippen LogP contribution in [0.1, 0.15) is 19.4 Å². The van der Waals surface area contributed by atoms with Crippen LogP contribution in [0.5, 0.6) is 0 Å². The Bertz CT molecular complexity index is 319. The first kappa shape index (κ1) is 10.4. The van der Waals surface area contributed by atoms with Gasteiger partial charge in [0.15, 0.2) is 5.82 Å². The Morgan fingerprint density at radius 3 is 2.64 bits per heavy atom. The molecule has 0 aromatic carbocycles. The lowest BCUT2D eigenvalue weighted by Gasteiger charge is -2.21. The van der Waals surface area contributed by atoms with Crippen LogP contribution in [0.4, 0.5) is 5.82 Å². The summed E-state index contributed by atoms with van der Waals surface area (Å²) in [6, 6.07) is 1.71. The molecule has 5 heteroatoms. The molecule has 0 atom stereocenters. The van der Waals surface area contributed by atoms with Gasteiger partial charge in [0.2, 0.25) is 0 Å². The molecule has 0 fully saturated rings. The lowest BCUT2D eigenvalue weighted by Crippen LogP contribution is -2.27.